The average Bonchev–Trinajstić information content (AvgIpc) is 3.09. The van der Waals surface area contributed by atoms with Gasteiger partial charge in [0.15, 0.2) is 0 Å². The summed E-state index contributed by atoms with van der Waals surface area (Å²) < 4.78 is 18.0. The summed E-state index contributed by atoms with van der Waals surface area (Å²) in [5.74, 6) is 1.10. The normalized spacial score (nSPS) is 12.1. The lowest BCUT2D eigenvalue weighted by Gasteiger charge is -2.35. The Kier molecular flexibility index (Phi) is 6.25. The maximum atomic E-state index is 11.9. The highest BCUT2D eigenvalue weighted by molar-refractivity contribution is 5.87. The molecule has 5 heteroatoms. The van der Waals surface area contributed by atoms with E-state index in [0.29, 0.717) is 17.7 Å². The van der Waals surface area contributed by atoms with E-state index < -0.39 is 17.2 Å². The predicted octanol–water partition coefficient (Wildman–Crippen LogP) is 6.50. The van der Waals surface area contributed by atoms with Crippen molar-refractivity contribution >= 4 is 16.9 Å². The molecule has 2 heterocycles. The molecule has 0 aliphatic carbocycles. The number of fused-ring (bicyclic) bond motifs is 1. The number of hydrogen-bond acceptors (Lipinski definition) is 5. The van der Waals surface area contributed by atoms with E-state index in [0.717, 1.165) is 34.4 Å². The first-order chi connectivity index (χ1) is 14.5. The van der Waals surface area contributed by atoms with Crippen LogP contribution in [0.3, 0.4) is 0 Å². The zero-order valence-corrected chi connectivity index (χ0v) is 19.2. The Morgan fingerprint density at radius 3 is 2.55 bits per heavy atom. The number of ether oxygens (including phenoxy) is 2. The Bertz CT molecular complexity index is 1110. The summed E-state index contributed by atoms with van der Waals surface area (Å²) in [6.07, 6.45) is 3.14. The molecule has 3 aromatic rings. The van der Waals surface area contributed by atoms with Crippen LogP contribution in [0.25, 0.3) is 22.3 Å². The molecule has 0 fully saturated rings. The highest BCUT2D eigenvalue weighted by Crippen LogP contribution is 2.34. The lowest BCUT2D eigenvalue weighted by atomic mass is 9.92. The molecule has 0 unspecified atom stereocenters. The van der Waals surface area contributed by atoms with Crippen LogP contribution >= 0.6 is 0 Å². The van der Waals surface area contributed by atoms with E-state index in [2.05, 4.69) is 18.5 Å². The van der Waals surface area contributed by atoms with Crippen molar-refractivity contribution in [2.75, 3.05) is 0 Å². The summed E-state index contributed by atoms with van der Waals surface area (Å²) in [5, 5.41) is 1.00. The first kappa shape index (κ1) is 22.6. The molecule has 0 amide bonds. The van der Waals surface area contributed by atoms with Gasteiger partial charge < -0.3 is 13.9 Å². The Labute approximate surface area is 184 Å². The van der Waals surface area contributed by atoms with E-state index >= 15 is 0 Å². The number of carbonyl (C=O) groups is 1. The highest BCUT2D eigenvalue weighted by atomic mass is 16.6. The number of nitrogens with zero attached hydrogens (tertiary/aromatic N) is 1. The number of hydrogen-bond donors (Lipinski definition) is 0. The topological polar surface area (TPSA) is 61.6 Å². The van der Waals surface area contributed by atoms with Crippen molar-refractivity contribution in [3.8, 4) is 17.1 Å². The zero-order valence-electron chi connectivity index (χ0n) is 19.2. The number of aromatic nitrogens is 1. The fourth-order valence-corrected chi connectivity index (χ4v) is 3.91. The summed E-state index contributed by atoms with van der Waals surface area (Å²) in [5.41, 5.74) is 1.88. The van der Waals surface area contributed by atoms with E-state index in [1.165, 1.54) is 0 Å². The fraction of sp³-hybridized carbons (Fsp3) is 0.385. The van der Waals surface area contributed by atoms with E-state index in [4.69, 9.17) is 13.9 Å². The lowest BCUT2D eigenvalue weighted by Crippen LogP contribution is -2.40. The number of aryl methyl sites for hydroxylation is 1. The molecule has 0 aliphatic rings. The average molecular weight is 422 g/mol. The SMILES string of the molecule is C=C(C)C(=O)OC(C)(C)CC(C)(C)Oc1ccc2cc(-c3cccnc3CC)oc2c1. The third-order valence-corrected chi connectivity index (χ3v) is 4.95. The number of pyridine rings is 1. The second-order valence-corrected chi connectivity index (χ2v) is 9.13. The van der Waals surface area contributed by atoms with Gasteiger partial charge in [-0.3, -0.25) is 4.98 Å². The van der Waals surface area contributed by atoms with Crippen LogP contribution in [0, 0.1) is 0 Å². The van der Waals surface area contributed by atoms with E-state index in [1.54, 1.807) is 13.1 Å². The van der Waals surface area contributed by atoms with Gasteiger partial charge in [-0.25, -0.2) is 4.79 Å². The Morgan fingerprint density at radius 2 is 1.87 bits per heavy atom. The van der Waals surface area contributed by atoms with Gasteiger partial charge in [-0.05, 0) is 71.4 Å². The van der Waals surface area contributed by atoms with Crippen LogP contribution in [0.1, 0.15) is 53.7 Å². The molecule has 31 heavy (non-hydrogen) atoms. The number of furan rings is 1. The minimum Gasteiger partial charge on any atom is -0.488 e. The quantitative estimate of drug-likeness (QED) is 0.307. The molecule has 0 N–H and O–H groups in total. The minimum atomic E-state index is -0.696. The molecule has 164 valence electrons. The highest BCUT2D eigenvalue weighted by Gasteiger charge is 2.33. The summed E-state index contributed by atoms with van der Waals surface area (Å²) in [6, 6.07) is 11.8. The minimum absolute atomic E-state index is 0.380. The number of benzene rings is 1. The first-order valence-electron chi connectivity index (χ1n) is 10.6. The van der Waals surface area contributed by atoms with Gasteiger partial charge >= 0.3 is 5.97 Å². The number of esters is 1. The van der Waals surface area contributed by atoms with Crippen LogP contribution in [0.4, 0.5) is 0 Å². The van der Waals surface area contributed by atoms with E-state index in [-0.39, 0.29) is 0 Å². The molecule has 0 atom stereocenters. The fourth-order valence-electron chi connectivity index (χ4n) is 3.91. The number of carbonyl (C=O) groups excluding carboxylic acids is 1. The Morgan fingerprint density at radius 1 is 1.13 bits per heavy atom. The van der Waals surface area contributed by atoms with Gasteiger partial charge in [0.1, 0.15) is 28.3 Å². The molecular weight excluding hydrogens is 390 g/mol. The molecule has 2 aromatic heterocycles. The largest absolute Gasteiger partial charge is 0.488 e. The van der Waals surface area contributed by atoms with Crippen LogP contribution in [0.15, 0.2) is 59.2 Å². The molecule has 0 radical (unpaired) electrons. The monoisotopic (exact) mass is 421 g/mol. The van der Waals surface area contributed by atoms with Crippen LogP contribution in [-0.2, 0) is 16.0 Å². The molecule has 3 rings (SSSR count). The van der Waals surface area contributed by atoms with Crippen LogP contribution in [0.2, 0.25) is 0 Å². The van der Waals surface area contributed by atoms with Gasteiger partial charge in [0, 0.05) is 35.2 Å². The molecule has 0 saturated carbocycles. The molecule has 0 aliphatic heterocycles. The van der Waals surface area contributed by atoms with Crippen LogP contribution < -0.4 is 4.74 Å². The van der Waals surface area contributed by atoms with Crippen molar-refractivity contribution < 1.29 is 18.7 Å². The number of rotatable bonds is 8. The van der Waals surface area contributed by atoms with Crippen molar-refractivity contribution in [3.05, 3.63) is 60.4 Å². The van der Waals surface area contributed by atoms with Gasteiger partial charge in [-0.2, -0.15) is 0 Å². The standard InChI is InChI=1S/C26H31NO4/c1-8-21-20(10-9-13-27-21)23-14-18-11-12-19(15-22(18)29-23)30-25(4,5)16-26(6,7)31-24(28)17(2)3/h9-15H,2,8,16H2,1,3-7H3. The van der Waals surface area contributed by atoms with Gasteiger partial charge in [0.05, 0.1) is 5.69 Å². The summed E-state index contributed by atoms with van der Waals surface area (Å²) >= 11 is 0. The van der Waals surface area contributed by atoms with Gasteiger partial charge in [0.25, 0.3) is 0 Å². The Hall–Kier alpha value is -3.08. The third kappa shape index (κ3) is 5.54. The third-order valence-electron chi connectivity index (χ3n) is 4.95. The first-order valence-corrected chi connectivity index (χ1v) is 10.6. The Balaban J connectivity index is 1.80. The maximum absolute atomic E-state index is 11.9. The molecule has 0 saturated heterocycles. The molecular formula is C26H31NO4. The van der Waals surface area contributed by atoms with Crippen molar-refractivity contribution in [1.82, 2.24) is 4.98 Å². The smallest absolute Gasteiger partial charge is 0.333 e. The second kappa shape index (κ2) is 8.58. The molecule has 0 bridgehead atoms. The molecule has 0 spiro atoms. The summed E-state index contributed by atoms with van der Waals surface area (Å²) in [7, 11) is 0. The van der Waals surface area contributed by atoms with Gasteiger partial charge in [-0.15, -0.1) is 0 Å². The zero-order chi connectivity index (χ0) is 22.8. The van der Waals surface area contributed by atoms with Crippen molar-refractivity contribution in [2.45, 2.75) is 65.6 Å². The van der Waals surface area contributed by atoms with E-state index in [9.17, 15) is 4.79 Å². The molecule has 5 nitrogen and oxygen atoms in total. The van der Waals surface area contributed by atoms with Gasteiger partial charge in [0.2, 0.25) is 0 Å². The maximum Gasteiger partial charge on any atom is 0.333 e. The van der Waals surface area contributed by atoms with Gasteiger partial charge in [-0.1, -0.05) is 13.5 Å². The summed E-state index contributed by atoms with van der Waals surface area (Å²) in [4.78, 5) is 16.4. The van der Waals surface area contributed by atoms with Crippen molar-refractivity contribution in [3.63, 3.8) is 0 Å². The second-order valence-electron chi connectivity index (χ2n) is 9.13. The van der Waals surface area contributed by atoms with Crippen molar-refractivity contribution in [1.29, 1.82) is 0 Å². The molecule has 1 aromatic carbocycles. The van der Waals surface area contributed by atoms with Crippen LogP contribution in [-0.4, -0.2) is 22.2 Å². The lowest BCUT2D eigenvalue weighted by molar-refractivity contribution is -0.155. The summed E-state index contributed by atoms with van der Waals surface area (Å²) in [6.45, 7) is 15.1. The van der Waals surface area contributed by atoms with Crippen LogP contribution in [0.5, 0.6) is 5.75 Å². The van der Waals surface area contributed by atoms with Crippen molar-refractivity contribution in [2.24, 2.45) is 0 Å². The van der Waals surface area contributed by atoms with E-state index in [1.807, 2.05) is 64.1 Å². The predicted molar refractivity (Wildman–Crippen MR) is 123 cm³/mol.